The number of hydrogen-bond acceptors (Lipinski definition) is 13. The van der Waals surface area contributed by atoms with E-state index in [4.69, 9.17) is 47.4 Å². The summed E-state index contributed by atoms with van der Waals surface area (Å²) >= 11 is 0. The summed E-state index contributed by atoms with van der Waals surface area (Å²) in [6.45, 7) is 2.10. The topological polar surface area (TPSA) is 150 Å². The second kappa shape index (κ2) is 11.0. The van der Waals surface area contributed by atoms with Crippen LogP contribution in [0.2, 0.25) is 0 Å². The lowest BCUT2D eigenvalue weighted by Crippen LogP contribution is -2.63. The summed E-state index contributed by atoms with van der Waals surface area (Å²) < 4.78 is 58.0. The molecule has 0 amide bonds. The lowest BCUT2D eigenvalue weighted by molar-refractivity contribution is -0.367. The SMILES string of the molecule is COc1cc([C@@H]2c3cc4c(cc3[C@@H](O[C@@H]3O[C@@H]5CO[C@@H](C)O[C@H]5[C@H](O)[C@H]3OC)[C@H]3COC(=O)[C@H]23)OCO4)cc(OC)c1O. The Balaban J connectivity index is 1.33. The Morgan fingerprint density at radius 3 is 2.28 bits per heavy atom. The zero-order chi connectivity index (χ0) is 30.0. The van der Waals surface area contributed by atoms with E-state index in [0.29, 0.717) is 17.1 Å². The maximum absolute atomic E-state index is 13.5. The number of rotatable bonds is 6. The Bertz CT molecular complexity index is 1370. The third-order valence-electron chi connectivity index (χ3n) is 8.99. The highest BCUT2D eigenvalue weighted by Crippen LogP contribution is 2.57. The van der Waals surface area contributed by atoms with Gasteiger partial charge in [-0.2, -0.15) is 0 Å². The van der Waals surface area contributed by atoms with Crippen LogP contribution >= 0.6 is 0 Å². The number of aromatic hydroxyl groups is 1. The summed E-state index contributed by atoms with van der Waals surface area (Å²) in [4.78, 5) is 13.5. The van der Waals surface area contributed by atoms with Crippen molar-refractivity contribution in [1.29, 1.82) is 0 Å². The summed E-state index contributed by atoms with van der Waals surface area (Å²) in [6, 6.07) is 7.07. The van der Waals surface area contributed by atoms with Crippen LogP contribution in [0.5, 0.6) is 28.7 Å². The quantitative estimate of drug-likeness (QED) is 0.465. The number of phenolic OH excluding ortho intramolecular Hbond substituents is 1. The highest BCUT2D eigenvalue weighted by Gasteiger charge is 2.56. The summed E-state index contributed by atoms with van der Waals surface area (Å²) in [5.74, 6) is -0.748. The normalized spacial score (nSPS) is 35.9. The number of methoxy groups -OCH3 is 3. The van der Waals surface area contributed by atoms with Gasteiger partial charge in [-0.1, -0.05) is 0 Å². The van der Waals surface area contributed by atoms with Crippen molar-refractivity contribution in [3.8, 4) is 28.7 Å². The molecule has 3 fully saturated rings. The molecule has 0 saturated carbocycles. The number of carbonyl (C=O) groups is 1. The maximum atomic E-state index is 13.5. The average molecular weight is 603 g/mol. The zero-order valence-electron chi connectivity index (χ0n) is 24.1. The van der Waals surface area contributed by atoms with E-state index in [1.807, 2.05) is 12.1 Å². The molecule has 2 N–H and O–H groups in total. The molecule has 4 heterocycles. The fourth-order valence-electron chi connectivity index (χ4n) is 6.97. The van der Waals surface area contributed by atoms with Gasteiger partial charge in [-0.3, -0.25) is 4.79 Å². The Hall–Kier alpha value is -3.33. The van der Waals surface area contributed by atoms with E-state index in [1.165, 1.54) is 21.3 Å². The van der Waals surface area contributed by atoms with Crippen molar-refractivity contribution < 1.29 is 62.4 Å². The second-order valence-corrected chi connectivity index (χ2v) is 11.2. The number of hydrogen-bond donors (Lipinski definition) is 2. The van der Waals surface area contributed by atoms with Crippen LogP contribution in [0.3, 0.4) is 0 Å². The smallest absolute Gasteiger partial charge is 0.310 e. The molecule has 1 aliphatic carbocycles. The Kier molecular flexibility index (Phi) is 7.27. The van der Waals surface area contributed by atoms with Crippen LogP contribution in [0.1, 0.15) is 35.6 Å². The molecule has 3 saturated heterocycles. The zero-order valence-corrected chi connectivity index (χ0v) is 24.1. The Morgan fingerprint density at radius 1 is 0.907 bits per heavy atom. The van der Waals surface area contributed by atoms with Crippen LogP contribution in [0.25, 0.3) is 0 Å². The lowest BCUT2D eigenvalue weighted by atomic mass is 9.66. The molecule has 5 aliphatic rings. The Morgan fingerprint density at radius 2 is 1.60 bits per heavy atom. The molecule has 2 aromatic rings. The molecule has 43 heavy (non-hydrogen) atoms. The van der Waals surface area contributed by atoms with Gasteiger partial charge in [-0.15, -0.1) is 0 Å². The van der Waals surface area contributed by atoms with Gasteiger partial charge in [-0.05, 0) is 47.9 Å². The van der Waals surface area contributed by atoms with Crippen molar-refractivity contribution in [3.05, 3.63) is 41.0 Å². The van der Waals surface area contributed by atoms with Gasteiger partial charge in [0.25, 0.3) is 0 Å². The molecule has 2 aromatic carbocycles. The third-order valence-corrected chi connectivity index (χ3v) is 8.99. The van der Waals surface area contributed by atoms with Crippen LogP contribution in [-0.2, 0) is 33.2 Å². The van der Waals surface area contributed by atoms with E-state index in [-0.39, 0.29) is 37.3 Å². The van der Waals surface area contributed by atoms with E-state index in [2.05, 4.69) is 0 Å². The molecule has 0 radical (unpaired) electrons. The molecular weight excluding hydrogens is 568 g/mol. The van der Waals surface area contributed by atoms with E-state index in [1.54, 1.807) is 19.1 Å². The molecule has 13 heteroatoms. The fourth-order valence-corrected chi connectivity index (χ4v) is 6.97. The molecule has 13 nitrogen and oxygen atoms in total. The first-order valence-electron chi connectivity index (χ1n) is 14.2. The van der Waals surface area contributed by atoms with E-state index in [9.17, 15) is 15.0 Å². The molecule has 7 rings (SSSR count). The first kappa shape index (κ1) is 28.4. The fraction of sp³-hybridized carbons (Fsp3) is 0.567. The molecule has 4 aliphatic heterocycles. The minimum absolute atomic E-state index is 0.0509. The van der Waals surface area contributed by atoms with Gasteiger partial charge in [0.05, 0.1) is 39.5 Å². The minimum atomic E-state index is -1.05. The van der Waals surface area contributed by atoms with Crippen molar-refractivity contribution in [3.63, 3.8) is 0 Å². The van der Waals surface area contributed by atoms with Crippen LogP contribution in [-0.4, -0.2) is 94.5 Å². The number of phenols is 1. The van der Waals surface area contributed by atoms with Gasteiger partial charge in [-0.25, -0.2) is 0 Å². The van der Waals surface area contributed by atoms with Crippen LogP contribution in [0.4, 0.5) is 0 Å². The third kappa shape index (κ3) is 4.57. The summed E-state index contributed by atoms with van der Waals surface area (Å²) in [6.07, 6.45) is -5.43. The highest BCUT2D eigenvalue weighted by atomic mass is 16.8. The molecule has 0 bridgehead atoms. The van der Waals surface area contributed by atoms with Crippen molar-refractivity contribution in [2.45, 2.75) is 55.9 Å². The number of fused-ring (bicyclic) bond motifs is 4. The standard InChI is InChI=1S/C30H34O13/c1-12-37-10-21-27(41-12)25(32)28(36-4)30(42-21)43-26-15-8-18-17(39-11-40-18)7-14(15)22(23-16(26)9-38-29(23)33)13-5-19(34-2)24(31)20(6-13)35-3/h5-8,12,16,21-23,25-28,30-32H,9-11H2,1-4H3/t12-,16+,21-,22-,23+,25+,26-,27-,28-,30+/m1/s1. The van der Waals surface area contributed by atoms with Crippen LogP contribution in [0, 0.1) is 11.8 Å². The number of aliphatic hydroxyl groups excluding tert-OH is 1. The number of carbonyl (C=O) groups excluding carboxylic acids is 1. The number of esters is 1. The molecule has 232 valence electrons. The van der Waals surface area contributed by atoms with Crippen molar-refractivity contribution in [2.75, 3.05) is 41.3 Å². The average Bonchev–Trinajstić information content (AvgIpc) is 3.63. The van der Waals surface area contributed by atoms with E-state index >= 15 is 0 Å². The number of cyclic esters (lactones) is 1. The van der Waals surface area contributed by atoms with Crippen LogP contribution < -0.4 is 18.9 Å². The monoisotopic (exact) mass is 602 g/mol. The minimum Gasteiger partial charge on any atom is -0.502 e. The van der Waals surface area contributed by atoms with Gasteiger partial charge in [0.1, 0.15) is 24.4 Å². The van der Waals surface area contributed by atoms with Crippen molar-refractivity contribution in [2.24, 2.45) is 11.8 Å². The second-order valence-electron chi connectivity index (χ2n) is 11.2. The van der Waals surface area contributed by atoms with Crippen LogP contribution in [0.15, 0.2) is 24.3 Å². The van der Waals surface area contributed by atoms with E-state index in [0.717, 1.165) is 11.1 Å². The lowest BCUT2D eigenvalue weighted by Gasteiger charge is -2.48. The van der Waals surface area contributed by atoms with E-state index < -0.39 is 66.8 Å². The maximum Gasteiger partial charge on any atom is 0.310 e. The molecule has 0 aromatic heterocycles. The van der Waals surface area contributed by atoms with Crippen molar-refractivity contribution in [1.82, 2.24) is 0 Å². The van der Waals surface area contributed by atoms with Gasteiger partial charge in [0.15, 0.2) is 35.6 Å². The predicted octanol–water partition coefficient (Wildman–Crippen LogP) is 1.99. The molecular formula is C30H34O13. The highest BCUT2D eigenvalue weighted by molar-refractivity contribution is 5.79. The van der Waals surface area contributed by atoms with Gasteiger partial charge in [0, 0.05) is 18.9 Å². The Labute approximate surface area is 247 Å². The van der Waals surface area contributed by atoms with Gasteiger partial charge < -0.3 is 57.6 Å². The van der Waals surface area contributed by atoms with Gasteiger partial charge in [0.2, 0.25) is 12.5 Å². The molecule has 10 atom stereocenters. The molecule has 0 spiro atoms. The molecule has 0 unspecified atom stereocenters. The number of benzene rings is 2. The number of ether oxygens (including phenoxy) is 10. The number of aliphatic hydroxyl groups is 1. The van der Waals surface area contributed by atoms with Crippen molar-refractivity contribution >= 4 is 5.97 Å². The summed E-state index contributed by atoms with van der Waals surface area (Å²) in [5, 5.41) is 21.8. The largest absolute Gasteiger partial charge is 0.502 e. The first-order valence-corrected chi connectivity index (χ1v) is 14.2. The predicted molar refractivity (Wildman–Crippen MR) is 143 cm³/mol. The first-order chi connectivity index (χ1) is 20.8. The summed E-state index contributed by atoms with van der Waals surface area (Å²) in [7, 11) is 4.36. The van der Waals surface area contributed by atoms with Gasteiger partial charge >= 0.3 is 5.97 Å². The summed E-state index contributed by atoms with van der Waals surface area (Å²) in [5.41, 5.74) is 2.15.